The van der Waals surface area contributed by atoms with Gasteiger partial charge in [-0.2, -0.15) is 0 Å². The van der Waals surface area contributed by atoms with E-state index in [0.29, 0.717) is 19.3 Å². The van der Waals surface area contributed by atoms with Gasteiger partial charge in [0.1, 0.15) is 13.2 Å². The van der Waals surface area contributed by atoms with E-state index in [4.69, 9.17) is 14.2 Å². The van der Waals surface area contributed by atoms with Gasteiger partial charge < -0.3 is 14.2 Å². The highest BCUT2D eigenvalue weighted by molar-refractivity contribution is 5.71. The highest BCUT2D eigenvalue weighted by Crippen LogP contribution is 2.16. The summed E-state index contributed by atoms with van der Waals surface area (Å²) in [7, 11) is 0. The molecule has 0 saturated heterocycles. The Labute approximate surface area is 457 Å². The van der Waals surface area contributed by atoms with Crippen LogP contribution in [0.25, 0.3) is 0 Å². The fourth-order valence-electron chi connectivity index (χ4n) is 8.72. The highest BCUT2D eigenvalue weighted by atomic mass is 16.6. The summed E-state index contributed by atoms with van der Waals surface area (Å²) >= 11 is 0. The third-order valence-corrected chi connectivity index (χ3v) is 13.3. The van der Waals surface area contributed by atoms with E-state index >= 15 is 0 Å². The zero-order valence-electron chi connectivity index (χ0n) is 48.6. The van der Waals surface area contributed by atoms with Crippen molar-refractivity contribution in [1.82, 2.24) is 0 Å². The lowest BCUT2D eigenvalue weighted by molar-refractivity contribution is -0.167. The predicted octanol–water partition coefficient (Wildman–Crippen LogP) is 21.3. The summed E-state index contributed by atoms with van der Waals surface area (Å²) in [6, 6.07) is 0. The number of allylic oxidation sites excluding steroid dienone is 16. The summed E-state index contributed by atoms with van der Waals surface area (Å²) in [5.41, 5.74) is 0. The molecule has 0 amide bonds. The molecule has 0 aliphatic carbocycles. The van der Waals surface area contributed by atoms with E-state index in [-0.39, 0.29) is 31.1 Å². The number of unbranched alkanes of at least 4 members (excludes halogenated alkanes) is 29. The molecule has 0 aromatic rings. The first-order valence-electron chi connectivity index (χ1n) is 31.2. The van der Waals surface area contributed by atoms with Gasteiger partial charge in [-0.1, -0.05) is 279 Å². The molecule has 0 spiro atoms. The summed E-state index contributed by atoms with van der Waals surface area (Å²) in [4.78, 5) is 38.1. The van der Waals surface area contributed by atoms with Crippen molar-refractivity contribution in [1.29, 1.82) is 0 Å². The number of carbonyl (C=O) groups excluding carboxylic acids is 3. The van der Waals surface area contributed by atoms with Crippen molar-refractivity contribution in [3.05, 3.63) is 97.2 Å². The van der Waals surface area contributed by atoms with Gasteiger partial charge in [0, 0.05) is 19.3 Å². The maximum absolute atomic E-state index is 12.8. The number of ether oxygens (including phenoxy) is 3. The van der Waals surface area contributed by atoms with Crippen LogP contribution in [0.3, 0.4) is 0 Å². The smallest absolute Gasteiger partial charge is 0.306 e. The molecule has 0 heterocycles. The number of carbonyl (C=O) groups is 3. The molecular weight excluding hydrogens is 913 g/mol. The second kappa shape index (κ2) is 61.9. The van der Waals surface area contributed by atoms with Crippen molar-refractivity contribution >= 4 is 17.9 Å². The van der Waals surface area contributed by atoms with Crippen molar-refractivity contribution in [2.75, 3.05) is 13.2 Å². The van der Waals surface area contributed by atoms with Crippen LogP contribution in [0, 0.1) is 0 Å². The zero-order chi connectivity index (χ0) is 53.6. The lowest BCUT2D eigenvalue weighted by Crippen LogP contribution is -2.30. The number of rotatable bonds is 56. The van der Waals surface area contributed by atoms with Gasteiger partial charge in [0.15, 0.2) is 6.10 Å². The molecule has 0 radical (unpaired) electrons. The first-order chi connectivity index (χ1) is 36.5. The molecule has 0 saturated carbocycles. The molecule has 0 aliphatic rings. The Balaban J connectivity index is 4.10. The van der Waals surface area contributed by atoms with E-state index in [9.17, 15) is 14.4 Å². The van der Waals surface area contributed by atoms with Gasteiger partial charge in [0.25, 0.3) is 0 Å². The molecule has 6 nitrogen and oxygen atoms in total. The van der Waals surface area contributed by atoms with Gasteiger partial charge in [0.05, 0.1) is 0 Å². The minimum Gasteiger partial charge on any atom is -0.462 e. The minimum absolute atomic E-state index is 0.0842. The van der Waals surface area contributed by atoms with Crippen LogP contribution in [-0.2, 0) is 28.6 Å². The van der Waals surface area contributed by atoms with Crippen LogP contribution >= 0.6 is 0 Å². The minimum atomic E-state index is -0.787. The second-order valence-corrected chi connectivity index (χ2v) is 20.6. The lowest BCUT2D eigenvalue weighted by Gasteiger charge is -2.18. The van der Waals surface area contributed by atoms with E-state index in [1.807, 2.05) is 0 Å². The predicted molar refractivity (Wildman–Crippen MR) is 320 cm³/mol. The second-order valence-electron chi connectivity index (χ2n) is 20.6. The molecule has 74 heavy (non-hydrogen) atoms. The van der Waals surface area contributed by atoms with Crippen LogP contribution in [0.1, 0.15) is 297 Å². The van der Waals surface area contributed by atoms with Crippen LogP contribution in [0.15, 0.2) is 97.2 Å². The molecule has 0 aromatic heterocycles. The normalized spacial score (nSPS) is 12.7. The Morgan fingerprint density at radius 3 is 0.824 bits per heavy atom. The first-order valence-corrected chi connectivity index (χ1v) is 31.2. The van der Waals surface area contributed by atoms with Crippen molar-refractivity contribution in [2.45, 2.75) is 303 Å². The third kappa shape index (κ3) is 59.2. The fraction of sp³-hybridized carbons (Fsp3) is 0.721. The molecule has 1 atom stereocenters. The summed E-state index contributed by atoms with van der Waals surface area (Å²) in [6.45, 7) is 6.38. The number of esters is 3. The van der Waals surface area contributed by atoms with Crippen LogP contribution in [0.2, 0.25) is 0 Å². The summed E-state index contributed by atoms with van der Waals surface area (Å²) in [5, 5.41) is 0. The summed E-state index contributed by atoms with van der Waals surface area (Å²) in [6.07, 6.45) is 83.0. The quantitative estimate of drug-likeness (QED) is 0.0261. The lowest BCUT2D eigenvalue weighted by atomic mass is 10.0. The topological polar surface area (TPSA) is 78.9 Å². The van der Waals surface area contributed by atoms with E-state index in [1.54, 1.807) is 0 Å². The molecule has 0 N–H and O–H groups in total. The average molecular weight is 1030 g/mol. The van der Waals surface area contributed by atoms with Crippen molar-refractivity contribution in [2.24, 2.45) is 0 Å². The van der Waals surface area contributed by atoms with Gasteiger partial charge >= 0.3 is 17.9 Å². The van der Waals surface area contributed by atoms with E-state index in [0.717, 1.165) is 122 Å². The molecule has 0 rings (SSSR count). The molecule has 0 fully saturated rings. The highest BCUT2D eigenvalue weighted by Gasteiger charge is 2.19. The maximum Gasteiger partial charge on any atom is 0.306 e. The monoisotopic (exact) mass is 1030 g/mol. The largest absolute Gasteiger partial charge is 0.462 e. The van der Waals surface area contributed by atoms with Gasteiger partial charge in [-0.3, -0.25) is 14.4 Å². The molecule has 0 aliphatic heterocycles. The Morgan fingerprint density at radius 1 is 0.284 bits per heavy atom. The van der Waals surface area contributed by atoms with Crippen LogP contribution in [-0.4, -0.2) is 37.2 Å². The zero-order valence-corrected chi connectivity index (χ0v) is 48.6. The molecule has 1 unspecified atom stereocenters. The third-order valence-electron chi connectivity index (χ3n) is 13.3. The Morgan fingerprint density at radius 2 is 0.527 bits per heavy atom. The van der Waals surface area contributed by atoms with Crippen molar-refractivity contribution < 1.29 is 28.6 Å². The number of hydrogen-bond acceptors (Lipinski definition) is 6. The Kier molecular flexibility index (Phi) is 58.8. The first kappa shape index (κ1) is 70.3. The molecule has 424 valence electrons. The van der Waals surface area contributed by atoms with Crippen LogP contribution in [0.4, 0.5) is 0 Å². The average Bonchev–Trinajstić information content (AvgIpc) is 3.40. The molecule has 0 aromatic carbocycles. The Bertz CT molecular complexity index is 1460. The van der Waals surface area contributed by atoms with Crippen LogP contribution < -0.4 is 0 Å². The SMILES string of the molecule is CC/C=C\C/C=C\C/C=C\C/C=C\CCCCCCCCCCCCCCCCCCCCC(=O)OCC(COC(=O)CCCCCCCCCC)OC(=O)CCCCCC/C=C\C/C=C\C/C=C\C/C=C\CC. The van der Waals surface area contributed by atoms with Crippen molar-refractivity contribution in [3.8, 4) is 0 Å². The van der Waals surface area contributed by atoms with Gasteiger partial charge in [-0.25, -0.2) is 0 Å². The summed E-state index contributed by atoms with van der Waals surface area (Å²) < 4.78 is 16.8. The van der Waals surface area contributed by atoms with Gasteiger partial charge in [0.2, 0.25) is 0 Å². The van der Waals surface area contributed by atoms with Gasteiger partial charge in [-0.05, 0) is 96.3 Å². The standard InChI is InChI=1S/C68H116O6/c1-4-7-10-13-16-19-21-23-25-27-28-29-30-31-32-33-34-35-36-37-38-39-40-42-43-45-47-49-52-55-58-61-67(70)73-64-65(63-72-66(69)60-57-54-51-18-15-12-9-6-3)74-68(71)62-59-56-53-50-48-46-44-41-26-24-22-20-17-14-11-8-5-2/h7-8,10-11,16-17,19-20,23-26,28-29,44,46,65H,4-6,9,12-15,18,21-22,27,30-43,45,47-64H2,1-3H3/b10-7-,11-8-,19-16-,20-17-,25-23-,26-24-,29-28-,46-44-. The van der Waals surface area contributed by atoms with Crippen LogP contribution in [0.5, 0.6) is 0 Å². The summed E-state index contributed by atoms with van der Waals surface area (Å²) in [5.74, 6) is -0.904. The maximum atomic E-state index is 12.8. The van der Waals surface area contributed by atoms with E-state index in [2.05, 4.69) is 118 Å². The fourth-order valence-corrected chi connectivity index (χ4v) is 8.72. The van der Waals surface area contributed by atoms with E-state index < -0.39 is 6.10 Å². The Hall–Kier alpha value is -3.67. The molecule has 6 heteroatoms. The number of hydrogen-bond donors (Lipinski definition) is 0. The molecule has 0 bridgehead atoms. The molecular formula is C68H116O6. The van der Waals surface area contributed by atoms with Gasteiger partial charge in [-0.15, -0.1) is 0 Å². The van der Waals surface area contributed by atoms with Crippen molar-refractivity contribution in [3.63, 3.8) is 0 Å². The van der Waals surface area contributed by atoms with E-state index in [1.165, 1.54) is 135 Å².